The maximum absolute atomic E-state index is 12.4. The Bertz CT molecular complexity index is 484. The lowest BCUT2D eigenvalue weighted by Gasteiger charge is -2.44. The van der Waals surface area contributed by atoms with Crippen LogP contribution in [0.3, 0.4) is 0 Å². The Kier molecular flexibility index (Phi) is 4.65. The zero-order valence-corrected chi connectivity index (χ0v) is 14.0. The van der Waals surface area contributed by atoms with Gasteiger partial charge in [-0.2, -0.15) is 0 Å². The number of likely N-dealkylation sites (tertiary alicyclic amines) is 1. The third-order valence-electron chi connectivity index (χ3n) is 5.11. The molecule has 0 aromatic heterocycles. The summed E-state index contributed by atoms with van der Waals surface area (Å²) >= 11 is 3.43. The zero-order chi connectivity index (χ0) is 14.7. The van der Waals surface area contributed by atoms with Gasteiger partial charge in [-0.05, 0) is 61.9 Å². The van der Waals surface area contributed by atoms with Gasteiger partial charge in [0.25, 0.3) is 0 Å². The molecule has 2 aliphatic heterocycles. The lowest BCUT2D eigenvalue weighted by atomic mass is 9.71. The summed E-state index contributed by atoms with van der Waals surface area (Å²) in [5.41, 5.74) is 1.62. The van der Waals surface area contributed by atoms with Gasteiger partial charge in [-0.15, -0.1) is 0 Å². The fraction of sp³-hybridized carbons (Fsp3) is 0.588. The minimum Gasteiger partial charge on any atom is -0.342 e. The van der Waals surface area contributed by atoms with E-state index in [0.717, 1.165) is 36.2 Å². The van der Waals surface area contributed by atoms with Crippen LogP contribution in [0, 0.1) is 5.41 Å². The Balaban J connectivity index is 1.54. The van der Waals surface area contributed by atoms with Gasteiger partial charge in [0.05, 0.1) is 6.42 Å². The lowest BCUT2D eigenvalue weighted by molar-refractivity contribution is -0.133. The molecule has 0 radical (unpaired) electrons. The average Bonchev–Trinajstić information content (AvgIpc) is 2.51. The summed E-state index contributed by atoms with van der Waals surface area (Å²) in [4.78, 5) is 14.5. The molecule has 2 aliphatic rings. The summed E-state index contributed by atoms with van der Waals surface area (Å²) in [7, 11) is 0. The van der Waals surface area contributed by atoms with Crippen molar-refractivity contribution in [2.45, 2.75) is 32.1 Å². The van der Waals surface area contributed by atoms with Crippen molar-refractivity contribution in [2.75, 3.05) is 26.2 Å². The van der Waals surface area contributed by atoms with E-state index in [1.54, 1.807) is 0 Å². The van der Waals surface area contributed by atoms with E-state index in [0.29, 0.717) is 11.8 Å². The van der Waals surface area contributed by atoms with E-state index in [1.165, 1.54) is 25.7 Å². The SMILES string of the molecule is O=C(Cc1ccc(Br)cc1)N1CCC2(CCNCC2)CC1. The number of hydrogen-bond donors (Lipinski definition) is 1. The van der Waals surface area contributed by atoms with E-state index >= 15 is 0 Å². The summed E-state index contributed by atoms with van der Waals surface area (Å²) in [6.45, 7) is 4.17. The molecular weight excluding hydrogens is 328 g/mol. The van der Waals surface area contributed by atoms with Gasteiger partial charge in [-0.3, -0.25) is 4.79 Å². The van der Waals surface area contributed by atoms with E-state index in [4.69, 9.17) is 0 Å². The van der Waals surface area contributed by atoms with Crippen LogP contribution in [0.4, 0.5) is 0 Å². The van der Waals surface area contributed by atoms with Crippen molar-refractivity contribution in [2.24, 2.45) is 5.41 Å². The fourth-order valence-electron chi connectivity index (χ4n) is 3.58. The predicted octanol–water partition coefficient (Wildman–Crippen LogP) is 2.98. The van der Waals surface area contributed by atoms with Crippen LogP contribution in [0.25, 0.3) is 0 Å². The van der Waals surface area contributed by atoms with E-state index in [-0.39, 0.29) is 5.91 Å². The number of hydrogen-bond acceptors (Lipinski definition) is 2. The van der Waals surface area contributed by atoms with Crippen LogP contribution < -0.4 is 5.32 Å². The monoisotopic (exact) mass is 350 g/mol. The number of halogens is 1. The second-order valence-electron chi connectivity index (χ2n) is 6.43. The molecule has 1 N–H and O–H groups in total. The number of piperidine rings is 2. The van der Waals surface area contributed by atoms with Crippen LogP contribution in [0.2, 0.25) is 0 Å². The minimum absolute atomic E-state index is 0.279. The van der Waals surface area contributed by atoms with Crippen LogP contribution in [0.15, 0.2) is 28.7 Å². The van der Waals surface area contributed by atoms with Crippen LogP contribution in [0.5, 0.6) is 0 Å². The van der Waals surface area contributed by atoms with E-state index in [9.17, 15) is 4.79 Å². The number of carbonyl (C=O) groups excluding carboxylic acids is 1. The molecule has 2 saturated heterocycles. The second-order valence-corrected chi connectivity index (χ2v) is 7.35. The van der Waals surface area contributed by atoms with Gasteiger partial charge in [-0.1, -0.05) is 28.1 Å². The van der Waals surface area contributed by atoms with E-state index in [1.807, 2.05) is 24.3 Å². The van der Waals surface area contributed by atoms with E-state index < -0.39 is 0 Å². The quantitative estimate of drug-likeness (QED) is 0.889. The number of nitrogens with one attached hydrogen (secondary N) is 1. The maximum Gasteiger partial charge on any atom is 0.226 e. The molecule has 0 unspecified atom stereocenters. The zero-order valence-electron chi connectivity index (χ0n) is 12.4. The Labute approximate surface area is 135 Å². The Morgan fingerprint density at radius 1 is 1.10 bits per heavy atom. The molecule has 0 bridgehead atoms. The van der Waals surface area contributed by atoms with Crippen LogP contribution >= 0.6 is 15.9 Å². The third kappa shape index (κ3) is 3.67. The molecule has 4 heteroatoms. The van der Waals surface area contributed by atoms with Gasteiger partial charge < -0.3 is 10.2 Å². The van der Waals surface area contributed by atoms with Crippen molar-refractivity contribution in [3.63, 3.8) is 0 Å². The molecule has 0 aliphatic carbocycles. The number of rotatable bonds is 2. The fourth-order valence-corrected chi connectivity index (χ4v) is 3.84. The molecule has 114 valence electrons. The van der Waals surface area contributed by atoms with Crippen LogP contribution in [-0.2, 0) is 11.2 Å². The van der Waals surface area contributed by atoms with Gasteiger partial charge in [-0.25, -0.2) is 0 Å². The topological polar surface area (TPSA) is 32.3 Å². The van der Waals surface area contributed by atoms with Gasteiger partial charge in [0.15, 0.2) is 0 Å². The van der Waals surface area contributed by atoms with Crippen LogP contribution in [-0.4, -0.2) is 37.0 Å². The molecule has 3 nitrogen and oxygen atoms in total. The number of amides is 1. The molecule has 2 fully saturated rings. The smallest absolute Gasteiger partial charge is 0.226 e. The maximum atomic E-state index is 12.4. The summed E-state index contributed by atoms with van der Waals surface area (Å²) in [5.74, 6) is 0.279. The predicted molar refractivity (Wildman–Crippen MR) is 88.2 cm³/mol. The average molecular weight is 351 g/mol. The largest absolute Gasteiger partial charge is 0.342 e. The first-order valence-corrected chi connectivity index (χ1v) is 8.69. The molecular formula is C17H23BrN2O. The van der Waals surface area contributed by atoms with E-state index in [2.05, 4.69) is 26.1 Å². The number of benzene rings is 1. The van der Waals surface area contributed by atoms with Crippen molar-refractivity contribution in [1.82, 2.24) is 10.2 Å². The first-order chi connectivity index (χ1) is 10.2. The molecule has 3 rings (SSSR count). The summed E-state index contributed by atoms with van der Waals surface area (Å²) < 4.78 is 1.06. The Morgan fingerprint density at radius 3 is 2.33 bits per heavy atom. The van der Waals surface area contributed by atoms with Crippen molar-refractivity contribution in [3.05, 3.63) is 34.3 Å². The first kappa shape index (κ1) is 15.0. The Hall–Kier alpha value is -0.870. The first-order valence-electron chi connectivity index (χ1n) is 7.90. The van der Waals surface area contributed by atoms with Gasteiger partial charge in [0.2, 0.25) is 5.91 Å². The van der Waals surface area contributed by atoms with Gasteiger partial charge in [0, 0.05) is 17.6 Å². The van der Waals surface area contributed by atoms with Gasteiger partial charge >= 0.3 is 0 Å². The normalized spacial score (nSPS) is 21.5. The highest BCUT2D eigenvalue weighted by molar-refractivity contribution is 9.10. The standard InChI is InChI=1S/C17H23BrN2O/c18-15-3-1-14(2-4-15)13-16(21)20-11-7-17(8-12-20)5-9-19-10-6-17/h1-4,19H,5-13H2. The Morgan fingerprint density at radius 2 is 1.71 bits per heavy atom. The second kappa shape index (κ2) is 6.49. The van der Waals surface area contributed by atoms with Crippen LogP contribution in [0.1, 0.15) is 31.2 Å². The highest BCUT2D eigenvalue weighted by Crippen LogP contribution is 2.39. The van der Waals surface area contributed by atoms with Gasteiger partial charge in [0.1, 0.15) is 0 Å². The molecule has 21 heavy (non-hydrogen) atoms. The molecule has 1 aromatic carbocycles. The number of carbonyl (C=O) groups is 1. The highest BCUT2D eigenvalue weighted by Gasteiger charge is 2.36. The van der Waals surface area contributed by atoms with Crippen molar-refractivity contribution in [3.8, 4) is 0 Å². The molecule has 1 aromatic rings. The lowest BCUT2D eigenvalue weighted by Crippen LogP contribution is -2.47. The molecule has 0 saturated carbocycles. The van der Waals surface area contributed by atoms with Crippen molar-refractivity contribution >= 4 is 21.8 Å². The molecule has 1 amide bonds. The minimum atomic E-state index is 0.279. The van der Waals surface area contributed by atoms with Crippen molar-refractivity contribution < 1.29 is 4.79 Å². The molecule has 1 spiro atoms. The number of nitrogens with zero attached hydrogens (tertiary/aromatic N) is 1. The molecule has 0 atom stereocenters. The summed E-state index contributed by atoms with van der Waals surface area (Å²) in [5, 5.41) is 3.44. The third-order valence-corrected chi connectivity index (χ3v) is 5.64. The summed E-state index contributed by atoms with van der Waals surface area (Å²) in [6.07, 6.45) is 5.45. The highest BCUT2D eigenvalue weighted by atomic mass is 79.9. The van der Waals surface area contributed by atoms with Crippen molar-refractivity contribution in [1.29, 1.82) is 0 Å². The summed E-state index contributed by atoms with van der Waals surface area (Å²) in [6, 6.07) is 8.06. The molecule has 2 heterocycles.